The summed E-state index contributed by atoms with van der Waals surface area (Å²) in [7, 11) is 0. The first-order chi connectivity index (χ1) is 40.9. The van der Waals surface area contributed by atoms with Crippen LogP contribution < -0.4 is 30.1 Å². The third-order valence-corrected chi connectivity index (χ3v) is 18.6. The highest BCUT2D eigenvalue weighted by Gasteiger charge is 2.50. The Hall–Kier alpha value is -6.87. The summed E-state index contributed by atoms with van der Waals surface area (Å²) in [5, 5.41) is 30.5. The van der Waals surface area contributed by atoms with E-state index in [0.29, 0.717) is 124 Å². The summed E-state index contributed by atoms with van der Waals surface area (Å²) < 4.78 is 56.1. The van der Waals surface area contributed by atoms with E-state index in [9.17, 15) is 33.0 Å². The van der Waals surface area contributed by atoms with Gasteiger partial charge in [-0.15, -0.1) is 0 Å². The summed E-state index contributed by atoms with van der Waals surface area (Å²) in [5.41, 5.74) is 3.70. The highest BCUT2D eigenvalue weighted by atomic mass is 19.1. The monoisotopic (exact) mass is 1150 g/mol. The number of nitrogens with one attached hydrogen (secondary N) is 2. The number of phenols is 2. The van der Waals surface area contributed by atoms with Crippen LogP contribution in [0.5, 0.6) is 17.5 Å². The molecule has 5 unspecified atom stereocenters. The lowest BCUT2D eigenvalue weighted by atomic mass is 9.83. The molecule has 6 fully saturated rings. The topological polar surface area (TPSA) is 185 Å². The molecule has 8 aliphatic rings. The molecule has 446 valence electrons. The third kappa shape index (κ3) is 10.7. The number of aromatic hydroxyl groups is 2. The minimum Gasteiger partial charge on any atom is -0.508 e. The molecule has 0 spiro atoms. The van der Waals surface area contributed by atoms with Crippen LogP contribution in [-0.2, 0) is 30.7 Å². The second-order valence-corrected chi connectivity index (χ2v) is 23.6. The molecule has 2 amide bonds. The third-order valence-electron chi connectivity index (χ3n) is 18.6. The fourth-order valence-corrected chi connectivity index (χ4v) is 14.7. The van der Waals surface area contributed by atoms with E-state index in [4.69, 9.17) is 19.4 Å². The molecule has 17 nitrogen and oxygen atoms in total. The number of carbonyl (C=O) groups is 2. The van der Waals surface area contributed by atoms with Gasteiger partial charge >= 0.3 is 6.01 Å². The van der Waals surface area contributed by atoms with Gasteiger partial charge in [-0.05, 0) is 137 Å². The molecule has 14 rings (SSSR count). The molecule has 0 bridgehead atoms. The maximum Gasteiger partial charge on any atom is 0.318 e. The molecule has 6 aromatic rings. The minimum atomic E-state index is -0.868. The van der Waals surface area contributed by atoms with Crippen LogP contribution in [0.1, 0.15) is 147 Å². The second-order valence-electron chi connectivity index (χ2n) is 23.6. The Kier molecular flexibility index (Phi) is 16.6. The standard InChI is InChI=1S/C32H38FN5O3.C30H34F2N6O3.C2H6/c1-2-22-24(33)10-9-20-17-21(39)18-27(28(20)22)38-19-25-29(32(38)40)31(37-13-6-15-41-16-14-37)35-30(34-25)23-7-5-12-36-11-4-3-8-26(23)36;1-2-21-22(32)5-4-17-10-20(39)11-24(25(17)21)38-15-23-26(28(38)40)27(34-19-6-8-33-13-19)36-29(35-23)41-16-30-7-3-9-37(30)14-18(31)12-30;1-2/h9-10,17-18,23,26,39H,2-8,11-16,19H2,1H3;4-5,10-11,18-19,33,39H,2-3,6-9,12-16H2,1H3,(H,34,35,36);1-2H3. The number of hydrogen-bond acceptors (Lipinski definition) is 15. The lowest BCUT2D eigenvalue weighted by Gasteiger charge is -2.43. The quantitative estimate of drug-likeness (QED) is 0.0960. The Morgan fingerprint density at radius 2 is 1.43 bits per heavy atom. The number of carbonyl (C=O) groups excluding carboxylic acids is 2. The number of hydrogen-bond donors (Lipinski definition) is 4. The molecule has 4 aromatic carbocycles. The van der Waals surface area contributed by atoms with Crippen LogP contribution in [-0.4, -0.2) is 148 Å². The highest BCUT2D eigenvalue weighted by molar-refractivity contribution is 6.17. The predicted octanol–water partition coefficient (Wildman–Crippen LogP) is 10.1. The van der Waals surface area contributed by atoms with Crippen LogP contribution in [0.2, 0.25) is 0 Å². The smallest absolute Gasteiger partial charge is 0.318 e. The van der Waals surface area contributed by atoms with E-state index in [1.165, 1.54) is 35.9 Å². The van der Waals surface area contributed by atoms with Gasteiger partial charge < -0.3 is 45.0 Å². The lowest BCUT2D eigenvalue weighted by Crippen LogP contribution is -2.47. The molecule has 84 heavy (non-hydrogen) atoms. The molecule has 4 N–H and O–H groups in total. The summed E-state index contributed by atoms with van der Waals surface area (Å²) in [6, 6.07) is 13.1. The average Bonchev–Trinajstić information content (AvgIpc) is 3.49. The number of phenolic OH excluding ortho intramolecular Hbond substituents is 2. The van der Waals surface area contributed by atoms with Crippen molar-refractivity contribution in [3.05, 3.63) is 99.6 Å². The van der Waals surface area contributed by atoms with Crippen molar-refractivity contribution < 1.29 is 42.4 Å². The summed E-state index contributed by atoms with van der Waals surface area (Å²) in [5.74, 6) is 1.01. The first-order valence-corrected chi connectivity index (χ1v) is 30.8. The van der Waals surface area contributed by atoms with Crippen molar-refractivity contribution in [1.82, 2.24) is 35.1 Å². The molecule has 2 aromatic heterocycles. The van der Waals surface area contributed by atoms with E-state index in [-0.39, 0.29) is 78.2 Å². The Balaban J connectivity index is 0.000000161. The SMILES string of the molecule is CC.CCc1c(F)ccc2cc(O)cc(N3Cc4nc(C5CCCN6CCCCC56)nc(N5CCCOCC5)c4C3=O)c12.CCc1c(F)ccc2cc(O)cc(N3Cc4nc(OCC56CCCN5CC(F)C6)nc(NC5CCNC5)c4C3=O)c12. The minimum absolute atomic E-state index is 0.0153. The van der Waals surface area contributed by atoms with Gasteiger partial charge in [-0.2, -0.15) is 9.97 Å². The van der Waals surface area contributed by atoms with Crippen LogP contribution in [0.3, 0.4) is 0 Å². The normalized spacial score (nSPS) is 24.1. The van der Waals surface area contributed by atoms with Crippen molar-refractivity contribution in [1.29, 1.82) is 0 Å². The average molecular weight is 1150 g/mol. The predicted molar refractivity (Wildman–Crippen MR) is 319 cm³/mol. The van der Waals surface area contributed by atoms with Crippen molar-refractivity contribution >= 4 is 56.4 Å². The van der Waals surface area contributed by atoms with Crippen molar-refractivity contribution in [3.8, 4) is 17.5 Å². The number of anilines is 4. The molecular weight excluding hydrogens is 1080 g/mol. The number of fused-ring (bicyclic) bond motifs is 6. The summed E-state index contributed by atoms with van der Waals surface area (Å²) in [4.78, 5) is 58.2. The van der Waals surface area contributed by atoms with Crippen LogP contribution in [0, 0.1) is 11.6 Å². The molecule has 20 heteroatoms. The number of amides is 2. The van der Waals surface area contributed by atoms with Crippen LogP contribution in [0.4, 0.5) is 36.2 Å². The summed E-state index contributed by atoms with van der Waals surface area (Å²) >= 11 is 0. The number of ether oxygens (including phenoxy) is 2. The van der Waals surface area contributed by atoms with Crippen molar-refractivity contribution in [2.24, 2.45) is 0 Å². The van der Waals surface area contributed by atoms with Gasteiger partial charge in [-0.3, -0.25) is 19.4 Å². The Morgan fingerprint density at radius 3 is 2.11 bits per heavy atom. The van der Waals surface area contributed by atoms with Crippen LogP contribution >= 0.6 is 0 Å². The van der Waals surface area contributed by atoms with Gasteiger partial charge in [0, 0.05) is 80.1 Å². The fourth-order valence-electron chi connectivity index (χ4n) is 14.7. The van der Waals surface area contributed by atoms with Gasteiger partial charge in [0.25, 0.3) is 11.8 Å². The number of halogens is 3. The van der Waals surface area contributed by atoms with Crippen LogP contribution in [0.15, 0.2) is 48.5 Å². The molecule has 0 saturated carbocycles. The van der Waals surface area contributed by atoms with E-state index in [2.05, 4.69) is 35.3 Å². The van der Waals surface area contributed by atoms with E-state index in [1.807, 2.05) is 27.7 Å². The molecule has 0 radical (unpaired) electrons. The second kappa shape index (κ2) is 24.2. The number of benzene rings is 4. The van der Waals surface area contributed by atoms with Crippen molar-refractivity contribution in [3.63, 3.8) is 0 Å². The van der Waals surface area contributed by atoms with Gasteiger partial charge in [0.2, 0.25) is 0 Å². The van der Waals surface area contributed by atoms with Crippen molar-refractivity contribution in [2.75, 3.05) is 92.2 Å². The number of rotatable bonds is 11. The fraction of sp³-hybridized carbons (Fsp3) is 0.531. The van der Waals surface area contributed by atoms with Gasteiger partial charge in [0.1, 0.15) is 64.5 Å². The first-order valence-electron chi connectivity index (χ1n) is 30.8. The van der Waals surface area contributed by atoms with Gasteiger partial charge in [-0.25, -0.2) is 23.1 Å². The van der Waals surface area contributed by atoms with Gasteiger partial charge in [0.15, 0.2) is 0 Å². The molecule has 10 heterocycles. The molecule has 0 aliphatic carbocycles. The number of alkyl halides is 1. The maximum absolute atomic E-state index is 15.0. The van der Waals surface area contributed by atoms with E-state index in [1.54, 1.807) is 35.2 Å². The Labute approximate surface area is 488 Å². The van der Waals surface area contributed by atoms with Gasteiger partial charge in [-0.1, -0.05) is 46.2 Å². The number of nitrogens with zero attached hydrogens (tertiary/aromatic N) is 9. The molecular formula is C64H78F3N11O6. The molecule has 6 saturated heterocycles. The summed E-state index contributed by atoms with van der Waals surface area (Å²) in [6.07, 6.45) is 9.88. The first kappa shape index (κ1) is 57.6. The zero-order chi connectivity index (χ0) is 58.4. The zero-order valence-electron chi connectivity index (χ0n) is 48.8. The number of aromatic nitrogens is 4. The molecule has 5 atom stereocenters. The van der Waals surface area contributed by atoms with E-state index >= 15 is 0 Å². The maximum atomic E-state index is 15.0. The van der Waals surface area contributed by atoms with Crippen LogP contribution in [0.25, 0.3) is 21.5 Å². The zero-order valence-corrected chi connectivity index (χ0v) is 48.8. The largest absolute Gasteiger partial charge is 0.508 e. The Bertz CT molecular complexity index is 3470. The van der Waals surface area contributed by atoms with E-state index < -0.39 is 6.17 Å². The number of aryl methyl sites for hydroxylation is 2. The van der Waals surface area contributed by atoms with E-state index in [0.717, 1.165) is 95.7 Å². The highest BCUT2D eigenvalue weighted by Crippen LogP contribution is 2.45. The Morgan fingerprint density at radius 1 is 0.750 bits per heavy atom. The van der Waals surface area contributed by atoms with Gasteiger partial charge in [0.05, 0.1) is 48.0 Å². The lowest BCUT2D eigenvalue weighted by molar-refractivity contribution is 0.0865. The van der Waals surface area contributed by atoms with Crippen molar-refractivity contribution in [2.45, 2.75) is 148 Å². The summed E-state index contributed by atoms with van der Waals surface area (Å²) in [6.45, 7) is 16.3. The number of piperidine rings is 2. The molecule has 8 aliphatic heterocycles.